The zero-order chi connectivity index (χ0) is 26.8. The monoisotopic (exact) mass is 522 g/mol. The number of carbonyl (C=O) groups is 2. The molecule has 2 N–H and O–H groups in total. The smallest absolute Gasteiger partial charge is 0.257 e. The quantitative estimate of drug-likeness (QED) is 0.344. The average molecular weight is 523 g/mol. The van der Waals surface area contributed by atoms with Gasteiger partial charge in [-0.15, -0.1) is 0 Å². The summed E-state index contributed by atoms with van der Waals surface area (Å²) in [5, 5.41) is 9.75. The summed E-state index contributed by atoms with van der Waals surface area (Å²) in [7, 11) is 1.38. The van der Waals surface area contributed by atoms with E-state index in [2.05, 4.69) is 25.7 Å². The zero-order valence-electron chi connectivity index (χ0n) is 20.6. The van der Waals surface area contributed by atoms with Gasteiger partial charge >= 0.3 is 0 Å². The predicted molar refractivity (Wildman–Crippen MR) is 133 cm³/mol. The van der Waals surface area contributed by atoms with Crippen molar-refractivity contribution in [1.82, 2.24) is 24.9 Å². The maximum atomic E-state index is 14.4. The Kier molecular flexibility index (Phi) is 6.86. The van der Waals surface area contributed by atoms with Crippen LogP contribution < -0.4 is 20.1 Å². The number of amides is 2. The second kappa shape index (κ2) is 10.4. The molecule has 38 heavy (non-hydrogen) atoms. The van der Waals surface area contributed by atoms with Gasteiger partial charge in [0, 0.05) is 36.9 Å². The number of carbonyl (C=O) groups excluding carboxylic acids is 2. The van der Waals surface area contributed by atoms with Crippen LogP contribution in [-0.2, 0) is 11.3 Å². The highest BCUT2D eigenvalue weighted by atomic mass is 19.1. The minimum Gasteiger partial charge on any atom is -0.490 e. The fourth-order valence-corrected chi connectivity index (χ4v) is 3.86. The number of benzene rings is 1. The first-order valence-electron chi connectivity index (χ1n) is 11.9. The normalized spacial score (nSPS) is 12.8. The SMILES string of the molecule is COc1ncc(-c2ccc3nc(NC(C)=O)cn3n2)cc1C(=O)NCc1cc(F)cc(F)c1OCC1CC1. The highest BCUT2D eigenvalue weighted by Crippen LogP contribution is 2.32. The number of hydrogen-bond donors (Lipinski definition) is 2. The van der Waals surface area contributed by atoms with E-state index in [1.54, 1.807) is 24.4 Å². The number of rotatable bonds is 9. The molecule has 2 amide bonds. The van der Waals surface area contributed by atoms with Crippen molar-refractivity contribution in [3.8, 4) is 22.9 Å². The Labute approximate surface area is 216 Å². The topological polar surface area (TPSA) is 120 Å². The first-order valence-corrected chi connectivity index (χ1v) is 11.9. The average Bonchev–Trinajstić information content (AvgIpc) is 3.63. The van der Waals surface area contributed by atoms with Crippen LogP contribution in [0.5, 0.6) is 11.6 Å². The van der Waals surface area contributed by atoms with Gasteiger partial charge in [-0.3, -0.25) is 9.59 Å². The van der Waals surface area contributed by atoms with Crippen LogP contribution >= 0.6 is 0 Å². The van der Waals surface area contributed by atoms with Crippen LogP contribution in [-0.4, -0.2) is 45.1 Å². The first-order chi connectivity index (χ1) is 18.3. The van der Waals surface area contributed by atoms with Crippen LogP contribution in [0.25, 0.3) is 16.9 Å². The first kappa shape index (κ1) is 25.1. The number of hydrogen-bond acceptors (Lipinski definition) is 7. The highest BCUT2D eigenvalue weighted by Gasteiger charge is 2.24. The van der Waals surface area contributed by atoms with Crippen LogP contribution in [0.15, 0.2) is 42.7 Å². The lowest BCUT2D eigenvalue weighted by atomic mass is 10.1. The lowest BCUT2D eigenvalue weighted by molar-refractivity contribution is -0.114. The summed E-state index contributed by atoms with van der Waals surface area (Å²) >= 11 is 0. The summed E-state index contributed by atoms with van der Waals surface area (Å²) in [4.78, 5) is 32.9. The molecule has 5 rings (SSSR count). The van der Waals surface area contributed by atoms with Gasteiger partial charge in [0.15, 0.2) is 23.0 Å². The third kappa shape index (κ3) is 5.53. The maximum absolute atomic E-state index is 14.4. The standard InChI is InChI=1S/C26H24F2N6O4/c1-14(35)31-22-12-34-23(32-22)6-5-21(33-34)16-8-19(26(37-2)30-10-16)25(36)29-11-17-7-18(27)9-20(28)24(17)38-13-15-3-4-15/h5-10,12,15H,3-4,11,13H2,1-2H3,(H,29,36)(H,31,35). The highest BCUT2D eigenvalue weighted by molar-refractivity contribution is 5.97. The fraction of sp³-hybridized carbons (Fsp3) is 0.269. The zero-order valence-corrected chi connectivity index (χ0v) is 20.6. The number of nitrogens with zero attached hydrogens (tertiary/aromatic N) is 4. The second-order valence-corrected chi connectivity index (χ2v) is 8.92. The summed E-state index contributed by atoms with van der Waals surface area (Å²) in [5.74, 6) is -1.70. The Morgan fingerprint density at radius 3 is 2.74 bits per heavy atom. The number of halogens is 2. The number of fused-ring (bicyclic) bond motifs is 1. The summed E-state index contributed by atoms with van der Waals surface area (Å²) < 4.78 is 40.7. The molecule has 1 saturated carbocycles. The van der Waals surface area contributed by atoms with E-state index >= 15 is 0 Å². The molecule has 0 aliphatic heterocycles. The van der Waals surface area contributed by atoms with Crippen molar-refractivity contribution in [3.05, 3.63) is 65.5 Å². The summed E-state index contributed by atoms with van der Waals surface area (Å²) in [6, 6.07) is 6.85. The third-order valence-electron chi connectivity index (χ3n) is 5.89. The van der Waals surface area contributed by atoms with Crippen molar-refractivity contribution in [2.24, 2.45) is 5.92 Å². The molecule has 1 aromatic carbocycles. The van der Waals surface area contributed by atoms with Gasteiger partial charge in [0.1, 0.15) is 11.4 Å². The number of imidazole rings is 1. The molecule has 3 heterocycles. The molecule has 0 unspecified atom stereocenters. The summed E-state index contributed by atoms with van der Waals surface area (Å²) in [5.41, 5.74) is 1.80. The van der Waals surface area contributed by atoms with Gasteiger partial charge in [-0.1, -0.05) is 0 Å². The number of pyridine rings is 1. The molecule has 1 aliphatic carbocycles. The van der Waals surface area contributed by atoms with E-state index in [9.17, 15) is 18.4 Å². The molecule has 1 aliphatic rings. The summed E-state index contributed by atoms with van der Waals surface area (Å²) in [6.07, 6.45) is 5.08. The number of anilines is 1. The Bertz CT molecular complexity index is 1540. The molecular formula is C26H24F2N6O4. The number of ether oxygens (including phenoxy) is 2. The molecule has 0 spiro atoms. The Hall–Kier alpha value is -4.61. The van der Waals surface area contributed by atoms with Crippen molar-refractivity contribution in [2.75, 3.05) is 19.0 Å². The third-order valence-corrected chi connectivity index (χ3v) is 5.89. The van der Waals surface area contributed by atoms with Gasteiger partial charge in [0.2, 0.25) is 11.8 Å². The molecule has 196 valence electrons. The van der Waals surface area contributed by atoms with Gasteiger partial charge in [-0.25, -0.2) is 23.3 Å². The van der Waals surface area contributed by atoms with E-state index in [-0.39, 0.29) is 35.2 Å². The maximum Gasteiger partial charge on any atom is 0.257 e. The van der Waals surface area contributed by atoms with Crippen LogP contribution in [0.2, 0.25) is 0 Å². The van der Waals surface area contributed by atoms with Crippen LogP contribution in [0, 0.1) is 17.6 Å². The van der Waals surface area contributed by atoms with Gasteiger partial charge in [-0.05, 0) is 43.0 Å². The molecule has 3 aromatic heterocycles. The number of aromatic nitrogens is 4. The van der Waals surface area contributed by atoms with E-state index in [1.165, 1.54) is 24.7 Å². The Morgan fingerprint density at radius 1 is 1.18 bits per heavy atom. The molecule has 0 atom stereocenters. The van der Waals surface area contributed by atoms with Gasteiger partial charge < -0.3 is 20.1 Å². The largest absolute Gasteiger partial charge is 0.490 e. The molecule has 10 nitrogen and oxygen atoms in total. The van der Waals surface area contributed by atoms with E-state index in [0.29, 0.717) is 35.2 Å². The Balaban J connectivity index is 1.38. The second-order valence-electron chi connectivity index (χ2n) is 8.92. The molecule has 1 fully saturated rings. The van der Waals surface area contributed by atoms with Crippen molar-refractivity contribution >= 4 is 23.3 Å². The molecular weight excluding hydrogens is 498 g/mol. The predicted octanol–water partition coefficient (Wildman–Crippen LogP) is 3.76. The van der Waals surface area contributed by atoms with Gasteiger partial charge in [0.25, 0.3) is 5.91 Å². The number of nitrogens with one attached hydrogen (secondary N) is 2. The van der Waals surface area contributed by atoms with Gasteiger partial charge in [-0.2, -0.15) is 5.10 Å². The summed E-state index contributed by atoms with van der Waals surface area (Å²) in [6.45, 7) is 1.54. The molecule has 0 radical (unpaired) electrons. The fourth-order valence-electron chi connectivity index (χ4n) is 3.86. The minimum atomic E-state index is -0.821. The lowest BCUT2D eigenvalue weighted by Gasteiger charge is -2.14. The molecule has 0 bridgehead atoms. The molecule has 4 aromatic rings. The molecule has 12 heteroatoms. The Morgan fingerprint density at radius 2 is 2.00 bits per heavy atom. The van der Waals surface area contributed by atoms with Crippen LogP contribution in [0.1, 0.15) is 35.7 Å². The van der Waals surface area contributed by atoms with E-state index in [0.717, 1.165) is 25.0 Å². The minimum absolute atomic E-state index is 0.0681. The van der Waals surface area contributed by atoms with E-state index in [4.69, 9.17) is 9.47 Å². The van der Waals surface area contributed by atoms with E-state index < -0.39 is 17.5 Å². The van der Waals surface area contributed by atoms with E-state index in [1.807, 2.05) is 0 Å². The van der Waals surface area contributed by atoms with Crippen molar-refractivity contribution < 1.29 is 27.8 Å². The van der Waals surface area contributed by atoms with Crippen molar-refractivity contribution in [3.63, 3.8) is 0 Å². The molecule has 0 saturated heterocycles. The number of methoxy groups -OCH3 is 1. The van der Waals surface area contributed by atoms with Crippen LogP contribution in [0.3, 0.4) is 0 Å². The lowest BCUT2D eigenvalue weighted by Crippen LogP contribution is -2.24. The van der Waals surface area contributed by atoms with Gasteiger partial charge in [0.05, 0.1) is 25.6 Å². The van der Waals surface area contributed by atoms with Crippen molar-refractivity contribution in [1.29, 1.82) is 0 Å². The van der Waals surface area contributed by atoms with Crippen LogP contribution in [0.4, 0.5) is 14.6 Å². The van der Waals surface area contributed by atoms with Crippen molar-refractivity contribution in [2.45, 2.75) is 26.3 Å².